The molecule has 1 aliphatic rings. The van der Waals surface area contributed by atoms with Crippen LogP contribution in [0, 0.1) is 0 Å². The van der Waals surface area contributed by atoms with Crippen molar-refractivity contribution in [3.05, 3.63) is 40.6 Å². The van der Waals surface area contributed by atoms with Crippen molar-refractivity contribution < 1.29 is 54.1 Å². The third-order valence-electron chi connectivity index (χ3n) is 5.16. The van der Waals surface area contributed by atoms with Gasteiger partial charge in [0.15, 0.2) is 17.3 Å². The molecule has 12 heteroatoms. The molecule has 2 aromatic carbocycles. The maximum absolute atomic E-state index is 13.3. The van der Waals surface area contributed by atoms with E-state index in [0.29, 0.717) is 0 Å². The maximum Gasteiger partial charge on any atom is 0.302 e. The van der Waals surface area contributed by atoms with Crippen LogP contribution in [0.4, 0.5) is 0 Å². The fourth-order valence-corrected chi connectivity index (χ4v) is 3.50. The molecule has 0 aliphatic carbocycles. The minimum Gasteiger partial charge on any atom is -0.508 e. The van der Waals surface area contributed by atoms with E-state index in [4.69, 9.17) is 18.6 Å². The number of carbonyl (C=O) groups excluding carboxylic acids is 1. The molecule has 3 aromatic rings. The fourth-order valence-electron chi connectivity index (χ4n) is 3.50. The summed E-state index contributed by atoms with van der Waals surface area (Å²) in [5.41, 5.74) is -1.09. The highest BCUT2D eigenvalue weighted by molar-refractivity contribution is 5.88. The monoisotopic (exact) mass is 476 g/mol. The first-order valence-corrected chi connectivity index (χ1v) is 9.93. The van der Waals surface area contributed by atoms with Crippen LogP contribution in [0.5, 0.6) is 28.7 Å². The third kappa shape index (κ3) is 4.17. The lowest BCUT2D eigenvalue weighted by Crippen LogP contribution is -2.36. The van der Waals surface area contributed by atoms with Crippen molar-refractivity contribution in [3.63, 3.8) is 0 Å². The lowest BCUT2D eigenvalue weighted by molar-refractivity contribution is -0.151. The Kier molecular flexibility index (Phi) is 5.96. The largest absolute Gasteiger partial charge is 0.508 e. The Bertz CT molecular complexity index is 1310. The van der Waals surface area contributed by atoms with Gasteiger partial charge in [0.2, 0.25) is 17.5 Å². The molecule has 0 bridgehead atoms. The number of esters is 1. The first-order chi connectivity index (χ1) is 16.1. The highest BCUT2D eigenvalue weighted by Crippen LogP contribution is 2.39. The molecule has 12 nitrogen and oxygen atoms in total. The SMILES string of the molecule is CC(=O)OC[C@H]1O[C@H](Oc2c(-c3ccc(O)c(O)c3)oc3cc(O)cc(O)c3c2=O)[C@@H](O)[C@@H]1O. The van der Waals surface area contributed by atoms with Gasteiger partial charge in [-0.2, -0.15) is 0 Å². The first-order valence-electron chi connectivity index (χ1n) is 9.93. The number of benzene rings is 2. The Labute approximate surface area is 190 Å². The van der Waals surface area contributed by atoms with E-state index in [9.17, 15) is 40.2 Å². The van der Waals surface area contributed by atoms with Crippen LogP contribution < -0.4 is 10.2 Å². The number of fused-ring (bicyclic) bond motifs is 1. The van der Waals surface area contributed by atoms with Crippen LogP contribution in [-0.4, -0.2) is 67.8 Å². The van der Waals surface area contributed by atoms with E-state index in [-0.39, 0.29) is 22.3 Å². The van der Waals surface area contributed by atoms with Crippen LogP contribution in [0.1, 0.15) is 6.92 Å². The van der Waals surface area contributed by atoms with E-state index >= 15 is 0 Å². The number of aliphatic hydroxyl groups excluding tert-OH is 2. The number of phenolic OH excluding ortho intramolecular Hbond substituents is 4. The summed E-state index contributed by atoms with van der Waals surface area (Å²) in [6.45, 7) is 0.758. The van der Waals surface area contributed by atoms with E-state index in [2.05, 4.69) is 0 Å². The minimum absolute atomic E-state index is 0.0524. The van der Waals surface area contributed by atoms with Gasteiger partial charge in [0, 0.05) is 24.6 Å². The molecule has 4 atom stereocenters. The van der Waals surface area contributed by atoms with Gasteiger partial charge < -0.3 is 49.3 Å². The average molecular weight is 476 g/mol. The van der Waals surface area contributed by atoms with Gasteiger partial charge in [-0.15, -0.1) is 0 Å². The van der Waals surface area contributed by atoms with Crippen LogP contribution in [0.25, 0.3) is 22.3 Å². The maximum atomic E-state index is 13.3. The predicted octanol–water partition coefficient (Wildman–Crippen LogP) is 0.671. The Hall–Kier alpha value is -4.00. The summed E-state index contributed by atoms with van der Waals surface area (Å²) in [4.78, 5) is 24.3. The fraction of sp³-hybridized carbons (Fsp3) is 0.273. The first kappa shape index (κ1) is 23.2. The zero-order chi connectivity index (χ0) is 24.7. The molecular formula is C22H20O12. The van der Waals surface area contributed by atoms with Crippen LogP contribution in [0.15, 0.2) is 39.5 Å². The van der Waals surface area contributed by atoms with Gasteiger partial charge in [0.1, 0.15) is 47.4 Å². The van der Waals surface area contributed by atoms with Crippen molar-refractivity contribution in [1.29, 1.82) is 0 Å². The Morgan fingerprint density at radius 2 is 1.74 bits per heavy atom. The normalized spacial score (nSPS) is 22.1. The molecule has 6 N–H and O–H groups in total. The van der Waals surface area contributed by atoms with Gasteiger partial charge in [-0.05, 0) is 18.2 Å². The number of ether oxygens (including phenoxy) is 3. The van der Waals surface area contributed by atoms with E-state index in [0.717, 1.165) is 31.2 Å². The van der Waals surface area contributed by atoms with Gasteiger partial charge in [-0.1, -0.05) is 0 Å². The Morgan fingerprint density at radius 1 is 1.00 bits per heavy atom. The van der Waals surface area contributed by atoms with Crippen molar-refractivity contribution in [1.82, 2.24) is 0 Å². The smallest absolute Gasteiger partial charge is 0.302 e. The zero-order valence-electron chi connectivity index (χ0n) is 17.5. The number of phenols is 4. The minimum atomic E-state index is -1.66. The molecule has 1 aliphatic heterocycles. The van der Waals surface area contributed by atoms with Gasteiger partial charge in [-0.25, -0.2) is 0 Å². The van der Waals surface area contributed by atoms with Crippen molar-refractivity contribution in [3.8, 4) is 40.1 Å². The molecular weight excluding hydrogens is 456 g/mol. The lowest BCUT2D eigenvalue weighted by atomic mass is 10.1. The summed E-state index contributed by atoms with van der Waals surface area (Å²) in [6.07, 6.45) is -5.96. The number of hydrogen-bond donors (Lipinski definition) is 6. The van der Waals surface area contributed by atoms with Crippen LogP contribution in [0.2, 0.25) is 0 Å². The second kappa shape index (κ2) is 8.74. The summed E-state index contributed by atoms with van der Waals surface area (Å²) >= 11 is 0. The van der Waals surface area contributed by atoms with E-state index in [1.807, 2.05) is 0 Å². The summed E-state index contributed by atoms with van der Waals surface area (Å²) in [7, 11) is 0. The second-order valence-corrected chi connectivity index (χ2v) is 7.58. The van der Waals surface area contributed by atoms with Crippen molar-refractivity contribution in [2.45, 2.75) is 31.5 Å². The summed E-state index contributed by atoms with van der Waals surface area (Å²) < 4.78 is 21.5. The van der Waals surface area contributed by atoms with Gasteiger partial charge >= 0.3 is 5.97 Å². The number of hydrogen-bond acceptors (Lipinski definition) is 12. The average Bonchev–Trinajstić information content (AvgIpc) is 3.03. The van der Waals surface area contributed by atoms with Crippen molar-refractivity contribution in [2.24, 2.45) is 0 Å². The molecule has 2 heterocycles. The number of carbonyl (C=O) groups is 1. The van der Waals surface area contributed by atoms with Crippen molar-refractivity contribution >= 4 is 16.9 Å². The molecule has 34 heavy (non-hydrogen) atoms. The van der Waals surface area contributed by atoms with E-state index in [1.54, 1.807) is 0 Å². The van der Waals surface area contributed by atoms with Gasteiger partial charge in [0.05, 0.1) is 0 Å². The molecule has 0 spiro atoms. The quantitative estimate of drug-likeness (QED) is 0.223. The lowest BCUT2D eigenvalue weighted by Gasteiger charge is -2.19. The molecule has 0 saturated carbocycles. The second-order valence-electron chi connectivity index (χ2n) is 7.58. The molecule has 1 saturated heterocycles. The topological polar surface area (TPSA) is 196 Å². The van der Waals surface area contributed by atoms with Gasteiger partial charge in [-0.3, -0.25) is 9.59 Å². The third-order valence-corrected chi connectivity index (χ3v) is 5.16. The molecule has 1 aromatic heterocycles. The number of aromatic hydroxyl groups is 4. The molecule has 0 radical (unpaired) electrons. The number of aliphatic hydroxyl groups is 2. The Morgan fingerprint density at radius 3 is 2.41 bits per heavy atom. The van der Waals surface area contributed by atoms with Crippen LogP contribution >= 0.6 is 0 Å². The zero-order valence-corrected chi connectivity index (χ0v) is 17.5. The standard InChI is InChI=1S/C22H20O12/c1-8(23)31-7-15-17(28)19(30)22(33-15)34-21-18(29)16-13(27)5-10(24)6-14(16)32-20(21)9-2-3-11(25)12(26)4-9/h2-6,15,17,19,22,24-28,30H,7H2,1H3/t15-,17-,19+,22-/m1/s1. The number of rotatable bonds is 5. The highest BCUT2D eigenvalue weighted by Gasteiger charge is 2.45. The summed E-state index contributed by atoms with van der Waals surface area (Å²) in [6, 6.07) is 5.47. The van der Waals surface area contributed by atoms with Crippen LogP contribution in [-0.2, 0) is 14.3 Å². The molecule has 4 rings (SSSR count). The van der Waals surface area contributed by atoms with Crippen molar-refractivity contribution in [2.75, 3.05) is 6.61 Å². The van der Waals surface area contributed by atoms with E-state index in [1.165, 1.54) is 6.07 Å². The molecule has 0 amide bonds. The highest BCUT2D eigenvalue weighted by atomic mass is 16.7. The van der Waals surface area contributed by atoms with E-state index < -0.39 is 71.4 Å². The summed E-state index contributed by atoms with van der Waals surface area (Å²) in [5.74, 6) is -3.51. The van der Waals surface area contributed by atoms with Gasteiger partial charge in [0.25, 0.3) is 0 Å². The molecule has 0 unspecified atom stereocenters. The molecule has 1 fully saturated rings. The summed E-state index contributed by atoms with van der Waals surface area (Å²) in [5, 5.41) is 59.7. The predicted molar refractivity (Wildman–Crippen MR) is 113 cm³/mol. The van der Waals surface area contributed by atoms with Crippen LogP contribution in [0.3, 0.4) is 0 Å². The molecule has 180 valence electrons. The Balaban J connectivity index is 1.82.